The molecule has 1 aliphatic rings. The van der Waals surface area contributed by atoms with E-state index in [2.05, 4.69) is 5.32 Å². The molecule has 3 amide bonds. The van der Waals surface area contributed by atoms with Gasteiger partial charge in [-0.05, 0) is 55.8 Å². The van der Waals surface area contributed by atoms with Crippen molar-refractivity contribution in [2.45, 2.75) is 58.7 Å². The summed E-state index contributed by atoms with van der Waals surface area (Å²) in [6.45, 7) is 6.64. The number of hydrogen-bond donors (Lipinski definition) is 1. The first-order chi connectivity index (χ1) is 19.8. The first kappa shape index (κ1) is 28.1. The van der Waals surface area contributed by atoms with Crippen molar-refractivity contribution in [1.29, 1.82) is 0 Å². The maximum absolute atomic E-state index is 13.9. The Hall–Kier alpha value is -4.45. The van der Waals surface area contributed by atoms with Gasteiger partial charge in [0.15, 0.2) is 0 Å². The number of carbonyl (C=O) groups excluding carboxylic acids is 3. The van der Waals surface area contributed by atoms with Crippen molar-refractivity contribution < 1.29 is 14.4 Å². The Morgan fingerprint density at radius 2 is 1.56 bits per heavy atom. The van der Waals surface area contributed by atoms with E-state index in [1.54, 1.807) is 9.80 Å². The minimum atomic E-state index is -0.667. The summed E-state index contributed by atoms with van der Waals surface area (Å²) < 4.78 is 0. The summed E-state index contributed by atoms with van der Waals surface area (Å²) >= 11 is 0. The second kappa shape index (κ2) is 12.4. The third-order valence-electron chi connectivity index (χ3n) is 7.60. The highest BCUT2D eigenvalue weighted by atomic mass is 16.2. The first-order valence-corrected chi connectivity index (χ1v) is 14.3. The van der Waals surface area contributed by atoms with Crippen molar-refractivity contribution in [2.75, 3.05) is 11.4 Å². The molecular weight excluding hydrogens is 510 g/mol. The molecule has 1 aliphatic heterocycles. The summed E-state index contributed by atoms with van der Waals surface area (Å²) in [5.74, 6) is -0.298. The molecule has 5 rings (SSSR count). The Balaban J connectivity index is 1.37. The molecule has 41 heavy (non-hydrogen) atoms. The fourth-order valence-electron chi connectivity index (χ4n) is 5.56. The molecule has 0 spiro atoms. The van der Waals surface area contributed by atoms with E-state index in [9.17, 15) is 14.4 Å². The first-order valence-electron chi connectivity index (χ1n) is 14.3. The number of carbonyl (C=O) groups is 3. The smallest absolute Gasteiger partial charge is 0.258 e. The van der Waals surface area contributed by atoms with Crippen molar-refractivity contribution in [3.63, 3.8) is 0 Å². The van der Waals surface area contributed by atoms with Crippen molar-refractivity contribution in [3.05, 3.63) is 113 Å². The zero-order valence-corrected chi connectivity index (χ0v) is 24.0. The lowest BCUT2D eigenvalue weighted by molar-refractivity contribution is -0.141. The van der Waals surface area contributed by atoms with Gasteiger partial charge in [0, 0.05) is 42.9 Å². The Morgan fingerprint density at radius 3 is 2.27 bits per heavy atom. The van der Waals surface area contributed by atoms with Crippen LogP contribution in [0.15, 0.2) is 91.0 Å². The molecular formula is C35H37N3O3. The Labute approximate surface area is 242 Å². The van der Waals surface area contributed by atoms with Gasteiger partial charge in [0.25, 0.3) is 5.91 Å². The lowest BCUT2D eigenvalue weighted by Crippen LogP contribution is -2.51. The highest BCUT2D eigenvalue weighted by Crippen LogP contribution is 2.37. The maximum Gasteiger partial charge on any atom is 0.258 e. The molecule has 0 saturated carbocycles. The topological polar surface area (TPSA) is 69.7 Å². The number of nitrogens with one attached hydrogen (secondary N) is 1. The Bertz CT molecular complexity index is 1540. The van der Waals surface area contributed by atoms with E-state index in [0.29, 0.717) is 31.5 Å². The molecule has 210 valence electrons. The van der Waals surface area contributed by atoms with Gasteiger partial charge in [0.05, 0.1) is 5.69 Å². The molecule has 0 bridgehead atoms. The van der Waals surface area contributed by atoms with Crippen LogP contribution in [-0.4, -0.2) is 41.2 Å². The second-order valence-corrected chi connectivity index (χ2v) is 11.1. The molecule has 0 aromatic heterocycles. The minimum absolute atomic E-state index is 0.0287. The van der Waals surface area contributed by atoms with E-state index in [4.69, 9.17) is 0 Å². The Kier molecular flexibility index (Phi) is 8.48. The number of anilines is 1. The summed E-state index contributed by atoms with van der Waals surface area (Å²) in [7, 11) is 0. The molecule has 4 aromatic carbocycles. The van der Waals surface area contributed by atoms with Crippen molar-refractivity contribution in [2.24, 2.45) is 0 Å². The third-order valence-corrected chi connectivity index (χ3v) is 7.60. The standard InChI is InChI=1S/C35H37N3O3/c1-24(2)36-34(40)31(22-26-10-5-4-6-11-26)38(23-27-19-17-25(3)18-20-27)32(39)16-9-21-37-30-15-8-13-28-12-7-14-29(33(28)30)35(37)41/h4-8,10-15,17-20,24,31H,9,16,21-23H2,1-3H3,(H,36,40). The van der Waals surface area contributed by atoms with Gasteiger partial charge in [0.2, 0.25) is 11.8 Å². The fourth-order valence-corrected chi connectivity index (χ4v) is 5.56. The maximum atomic E-state index is 13.9. The predicted molar refractivity (Wildman–Crippen MR) is 164 cm³/mol. The van der Waals surface area contributed by atoms with Crippen LogP contribution in [0.1, 0.15) is 53.7 Å². The number of aryl methyl sites for hydroxylation is 1. The molecule has 6 nitrogen and oxygen atoms in total. The molecule has 0 fully saturated rings. The van der Waals surface area contributed by atoms with E-state index in [1.807, 2.05) is 112 Å². The summed E-state index contributed by atoms with van der Waals surface area (Å²) in [6.07, 6.45) is 1.13. The molecule has 6 heteroatoms. The van der Waals surface area contributed by atoms with Gasteiger partial charge < -0.3 is 15.1 Å². The van der Waals surface area contributed by atoms with Crippen LogP contribution < -0.4 is 10.2 Å². The normalized spacial score (nSPS) is 13.1. The number of hydrogen-bond acceptors (Lipinski definition) is 3. The molecule has 0 aliphatic carbocycles. The summed E-state index contributed by atoms with van der Waals surface area (Å²) in [4.78, 5) is 44.2. The zero-order valence-electron chi connectivity index (χ0n) is 24.0. The molecule has 0 radical (unpaired) electrons. The van der Waals surface area contributed by atoms with Gasteiger partial charge in [-0.1, -0.05) is 84.4 Å². The average molecular weight is 548 g/mol. The molecule has 4 aromatic rings. The van der Waals surface area contributed by atoms with Crippen LogP contribution in [0.3, 0.4) is 0 Å². The van der Waals surface area contributed by atoms with Crippen LogP contribution in [0.2, 0.25) is 0 Å². The van der Waals surface area contributed by atoms with Crippen LogP contribution in [0.4, 0.5) is 5.69 Å². The average Bonchev–Trinajstić information content (AvgIpc) is 3.24. The van der Waals surface area contributed by atoms with E-state index in [1.165, 1.54) is 0 Å². The monoisotopic (exact) mass is 547 g/mol. The molecule has 1 atom stereocenters. The SMILES string of the molecule is Cc1ccc(CN(C(=O)CCCN2C(=O)c3cccc4cccc2c34)C(Cc2ccccc2)C(=O)NC(C)C)cc1. The summed E-state index contributed by atoms with van der Waals surface area (Å²) in [6, 6.07) is 28.9. The highest BCUT2D eigenvalue weighted by Gasteiger charge is 2.32. The van der Waals surface area contributed by atoms with Crippen LogP contribution >= 0.6 is 0 Å². The molecule has 1 heterocycles. The number of amides is 3. The second-order valence-electron chi connectivity index (χ2n) is 11.1. The number of rotatable bonds is 11. The summed E-state index contributed by atoms with van der Waals surface area (Å²) in [5, 5.41) is 5.05. The van der Waals surface area contributed by atoms with Gasteiger partial charge >= 0.3 is 0 Å². The lowest BCUT2D eigenvalue weighted by Gasteiger charge is -2.32. The predicted octanol–water partition coefficient (Wildman–Crippen LogP) is 6.05. The number of benzene rings is 4. The van der Waals surface area contributed by atoms with Gasteiger partial charge in [-0.2, -0.15) is 0 Å². The van der Waals surface area contributed by atoms with E-state index >= 15 is 0 Å². The zero-order chi connectivity index (χ0) is 28.9. The van der Waals surface area contributed by atoms with Gasteiger partial charge in [-0.3, -0.25) is 14.4 Å². The van der Waals surface area contributed by atoms with Gasteiger partial charge in [-0.25, -0.2) is 0 Å². The largest absolute Gasteiger partial charge is 0.352 e. The van der Waals surface area contributed by atoms with E-state index < -0.39 is 6.04 Å². The molecule has 0 saturated heterocycles. The van der Waals surface area contributed by atoms with E-state index in [-0.39, 0.29) is 30.2 Å². The summed E-state index contributed by atoms with van der Waals surface area (Å²) in [5.41, 5.74) is 4.70. The lowest BCUT2D eigenvalue weighted by atomic mass is 10.0. The molecule has 1 N–H and O–H groups in total. The van der Waals surface area contributed by atoms with Crippen molar-refractivity contribution in [1.82, 2.24) is 10.2 Å². The van der Waals surface area contributed by atoms with Crippen LogP contribution in [0.5, 0.6) is 0 Å². The highest BCUT2D eigenvalue weighted by molar-refractivity contribution is 6.25. The van der Waals surface area contributed by atoms with Crippen LogP contribution in [0, 0.1) is 6.92 Å². The van der Waals surface area contributed by atoms with Crippen LogP contribution in [-0.2, 0) is 22.6 Å². The fraction of sp³-hybridized carbons (Fsp3) is 0.286. The van der Waals surface area contributed by atoms with Gasteiger partial charge in [0.1, 0.15) is 6.04 Å². The van der Waals surface area contributed by atoms with Crippen molar-refractivity contribution >= 4 is 34.2 Å². The van der Waals surface area contributed by atoms with E-state index in [0.717, 1.165) is 33.2 Å². The van der Waals surface area contributed by atoms with Crippen molar-refractivity contribution in [3.8, 4) is 0 Å². The van der Waals surface area contributed by atoms with Crippen LogP contribution in [0.25, 0.3) is 10.8 Å². The third kappa shape index (κ3) is 6.32. The van der Waals surface area contributed by atoms with Gasteiger partial charge in [-0.15, -0.1) is 0 Å². The molecule has 1 unspecified atom stereocenters. The minimum Gasteiger partial charge on any atom is -0.352 e. The Morgan fingerprint density at radius 1 is 0.854 bits per heavy atom. The quantitative estimate of drug-likeness (QED) is 0.248. The number of nitrogens with zero attached hydrogens (tertiary/aromatic N) is 2.